The Morgan fingerprint density at radius 2 is 2.31 bits per heavy atom. The number of phenolic OH excluding ortho intramolecular Hbond substituents is 1. The van der Waals surface area contributed by atoms with Gasteiger partial charge < -0.3 is 15.7 Å². The molecule has 1 fully saturated rings. The van der Waals surface area contributed by atoms with Crippen molar-refractivity contribution in [1.29, 1.82) is 0 Å². The minimum absolute atomic E-state index is 0.0225. The lowest BCUT2D eigenvalue weighted by Crippen LogP contribution is -2.40. The summed E-state index contributed by atoms with van der Waals surface area (Å²) in [5.41, 5.74) is 6.00. The molecular formula is C11H13ClN2O2. The molecule has 1 aromatic carbocycles. The van der Waals surface area contributed by atoms with Gasteiger partial charge in [-0.1, -0.05) is 17.7 Å². The third-order valence-corrected chi connectivity index (χ3v) is 3.24. The maximum Gasteiger partial charge on any atom is 0.240 e. The van der Waals surface area contributed by atoms with Crippen molar-refractivity contribution in [2.75, 3.05) is 11.4 Å². The summed E-state index contributed by atoms with van der Waals surface area (Å²) in [5, 5.41) is 9.78. The lowest BCUT2D eigenvalue weighted by Gasteiger charge is -2.25. The highest BCUT2D eigenvalue weighted by Crippen LogP contribution is 2.36. The molecule has 5 heteroatoms. The number of hydrogen-bond acceptors (Lipinski definition) is 3. The Morgan fingerprint density at radius 1 is 1.56 bits per heavy atom. The van der Waals surface area contributed by atoms with E-state index in [2.05, 4.69) is 0 Å². The summed E-state index contributed by atoms with van der Waals surface area (Å²) in [5.74, 6) is -0.328. The van der Waals surface area contributed by atoms with Gasteiger partial charge in [0.15, 0.2) is 0 Å². The van der Waals surface area contributed by atoms with E-state index in [1.165, 1.54) is 6.07 Å². The van der Waals surface area contributed by atoms with Gasteiger partial charge in [0.05, 0.1) is 5.69 Å². The molecule has 3 N–H and O–H groups in total. The van der Waals surface area contributed by atoms with E-state index in [4.69, 9.17) is 17.3 Å². The Bertz CT molecular complexity index is 422. The number of nitrogens with zero attached hydrogens (tertiary/aromatic N) is 1. The molecule has 86 valence electrons. The molecule has 1 heterocycles. The quantitative estimate of drug-likeness (QED) is 0.823. The Morgan fingerprint density at radius 3 is 3.00 bits per heavy atom. The van der Waals surface area contributed by atoms with Gasteiger partial charge in [-0.05, 0) is 25.0 Å². The van der Waals surface area contributed by atoms with Crippen LogP contribution in [0.2, 0.25) is 5.02 Å². The van der Waals surface area contributed by atoms with Gasteiger partial charge in [0.1, 0.15) is 16.8 Å². The number of carbonyl (C=O) groups excluding carboxylic acids is 1. The highest BCUT2D eigenvalue weighted by molar-refractivity contribution is 6.34. The lowest BCUT2D eigenvalue weighted by molar-refractivity contribution is -0.119. The first-order valence-corrected chi connectivity index (χ1v) is 5.52. The normalized spacial score (nSPS) is 20.1. The van der Waals surface area contributed by atoms with E-state index in [1.54, 1.807) is 12.1 Å². The molecule has 1 atom stereocenters. The summed E-state index contributed by atoms with van der Waals surface area (Å²) in [6, 6.07) is 4.68. The highest BCUT2D eigenvalue weighted by Gasteiger charge is 2.30. The molecule has 1 aliphatic heterocycles. The second kappa shape index (κ2) is 4.22. The van der Waals surface area contributed by atoms with Crippen LogP contribution in [0.1, 0.15) is 12.8 Å². The fraction of sp³-hybridized carbons (Fsp3) is 0.364. The molecule has 16 heavy (non-hydrogen) atoms. The van der Waals surface area contributed by atoms with Gasteiger partial charge in [0.2, 0.25) is 5.91 Å². The maximum atomic E-state index is 11.3. The summed E-state index contributed by atoms with van der Waals surface area (Å²) < 4.78 is 0. The van der Waals surface area contributed by atoms with E-state index < -0.39 is 0 Å². The zero-order chi connectivity index (χ0) is 11.7. The number of hydrogen-bond donors (Lipinski definition) is 2. The Balaban J connectivity index is 2.36. The minimum atomic E-state index is -0.350. The smallest absolute Gasteiger partial charge is 0.240 e. The van der Waals surface area contributed by atoms with Crippen molar-refractivity contribution in [3.05, 3.63) is 23.2 Å². The second-order valence-corrected chi connectivity index (χ2v) is 4.24. The minimum Gasteiger partial charge on any atom is -0.506 e. The molecule has 1 amide bonds. The summed E-state index contributed by atoms with van der Waals surface area (Å²) in [6.07, 6.45) is 1.64. The molecule has 2 rings (SSSR count). The number of primary amides is 1. The number of amides is 1. The van der Waals surface area contributed by atoms with Crippen LogP contribution in [0, 0.1) is 0 Å². The summed E-state index contributed by atoms with van der Waals surface area (Å²) in [4.78, 5) is 13.1. The van der Waals surface area contributed by atoms with Gasteiger partial charge in [-0.2, -0.15) is 0 Å². The molecule has 1 aromatic rings. The van der Waals surface area contributed by atoms with E-state index in [1.807, 2.05) is 4.90 Å². The number of rotatable bonds is 2. The number of aromatic hydroxyl groups is 1. The van der Waals surface area contributed by atoms with Crippen molar-refractivity contribution in [1.82, 2.24) is 0 Å². The van der Waals surface area contributed by atoms with Crippen molar-refractivity contribution in [2.45, 2.75) is 18.9 Å². The molecule has 0 bridgehead atoms. The molecule has 0 aromatic heterocycles. The zero-order valence-corrected chi connectivity index (χ0v) is 9.44. The van der Waals surface area contributed by atoms with Crippen LogP contribution in [0.3, 0.4) is 0 Å². The van der Waals surface area contributed by atoms with Crippen LogP contribution in [0.4, 0.5) is 5.69 Å². The van der Waals surface area contributed by atoms with Crippen LogP contribution in [-0.4, -0.2) is 23.6 Å². The largest absolute Gasteiger partial charge is 0.506 e. The van der Waals surface area contributed by atoms with Crippen molar-refractivity contribution in [3.8, 4) is 5.75 Å². The molecular weight excluding hydrogens is 228 g/mol. The van der Waals surface area contributed by atoms with E-state index in [-0.39, 0.29) is 22.7 Å². The van der Waals surface area contributed by atoms with Crippen molar-refractivity contribution >= 4 is 23.2 Å². The molecule has 1 aliphatic rings. The topological polar surface area (TPSA) is 66.6 Å². The Hall–Kier alpha value is -1.42. The SMILES string of the molecule is NC(=O)C1CCCN1c1cccc(O)c1Cl. The Labute approximate surface area is 98.6 Å². The van der Waals surface area contributed by atoms with Crippen LogP contribution in [0.15, 0.2) is 18.2 Å². The van der Waals surface area contributed by atoms with Gasteiger partial charge >= 0.3 is 0 Å². The third-order valence-electron chi connectivity index (χ3n) is 2.85. The standard InChI is InChI=1S/C11H13ClN2O2/c12-10-7(3-1-5-9(10)15)14-6-2-4-8(14)11(13)16/h1,3,5,8,15H,2,4,6H2,(H2,13,16). The molecule has 0 saturated carbocycles. The van der Waals surface area contributed by atoms with Crippen LogP contribution < -0.4 is 10.6 Å². The molecule has 0 aliphatic carbocycles. The number of carbonyl (C=O) groups is 1. The number of benzene rings is 1. The first kappa shape index (κ1) is 11.1. The third kappa shape index (κ3) is 1.80. The van der Waals surface area contributed by atoms with Crippen molar-refractivity contribution in [3.63, 3.8) is 0 Å². The van der Waals surface area contributed by atoms with Gasteiger partial charge in [-0.25, -0.2) is 0 Å². The Kier molecular flexibility index (Phi) is 2.92. The van der Waals surface area contributed by atoms with Crippen LogP contribution in [0.5, 0.6) is 5.75 Å². The number of nitrogens with two attached hydrogens (primary N) is 1. The number of halogens is 1. The molecule has 1 saturated heterocycles. The van der Waals surface area contributed by atoms with E-state index >= 15 is 0 Å². The summed E-state index contributed by atoms with van der Waals surface area (Å²) in [6.45, 7) is 0.733. The van der Waals surface area contributed by atoms with Gasteiger partial charge in [0.25, 0.3) is 0 Å². The zero-order valence-electron chi connectivity index (χ0n) is 8.69. The van der Waals surface area contributed by atoms with Crippen LogP contribution >= 0.6 is 11.6 Å². The molecule has 0 spiro atoms. The van der Waals surface area contributed by atoms with Crippen molar-refractivity contribution < 1.29 is 9.90 Å². The predicted octanol–water partition coefficient (Wildman–Crippen LogP) is 1.50. The van der Waals surface area contributed by atoms with Gasteiger partial charge in [-0.3, -0.25) is 4.79 Å². The molecule has 1 unspecified atom stereocenters. The predicted molar refractivity (Wildman–Crippen MR) is 62.7 cm³/mol. The first-order chi connectivity index (χ1) is 7.61. The summed E-state index contributed by atoms with van der Waals surface area (Å²) >= 11 is 6.00. The molecule has 4 nitrogen and oxygen atoms in total. The van der Waals surface area contributed by atoms with E-state index in [0.717, 1.165) is 19.4 Å². The molecule has 0 radical (unpaired) electrons. The summed E-state index contributed by atoms with van der Waals surface area (Å²) in [7, 11) is 0. The van der Waals surface area contributed by atoms with E-state index in [0.29, 0.717) is 5.69 Å². The maximum absolute atomic E-state index is 11.3. The average molecular weight is 241 g/mol. The monoisotopic (exact) mass is 240 g/mol. The number of anilines is 1. The van der Waals surface area contributed by atoms with Crippen LogP contribution in [0.25, 0.3) is 0 Å². The first-order valence-electron chi connectivity index (χ1n) is 5.14. The van der Waals surface area contributed by atoms with Crippen LogP contribution in [-0.2, 0) is 4.79 Å². The highest BCUT2D eigenvalue weighted by atomic mass is 35.5. The lowest BCUT2D eigenvalue weighted by atomic mass is 10.2. The fourth-order valence-electron chi connectivity index (χ4n) is 2.08. The second-order valence-electron chi connectivity index (χ2n) is 3.86. The van der Waals surface area contributed by atoms with Gasteiger partial charge in [0, 0.05) is 6.54 Å². The average Bonchev–Trinajstić information content (AvgIpc) is 2.70. The van der Waals surface area contributed by atoms with Crippen molar-refractivity contribution in [2.24, 2.45) is 5.73 Å². The number of phenols is 1. The van der Waals surface area contributed by atoms with Gasteiger partial charge in [-0.15, -0.1) is 0 Å². The fourth-order valence-corrected chi connectivity index (χ4v) is 2.32. The van der Waals surface area contributed by atoms with E-state index in [9.17, 15) is 9.90 Å².